The minimum Gasteiger partial charge on any atom is -0.377 e. The van der Waals surface area contributed by atoms with Gasteiger partial charge in [-0.3, -0.25) is 0 Å². The highest BCUT2D eigenvalue weighted by Gasteiger charge is 2.25. The molecule has 1 fully saturated rings. The van der Waals surface area contributed by atoms with E-state index in [2.05, 4.69) is 38.2 Å². The third kappa shape index (κ3) is 3.06. The minimum absolute atomic E-state index is 0.368. The Morgan fingerprint density at radius 3 is 2.94 bits per heavy atom. The van der Waals surface area contributed by atoms with E-state index in [1.807, 2.05) is 11.3 Å². The topological polar surface area (TPSA) is 21.3 Å². The van der Waals surface area contributed by atoms with Gasteiger partial charge in [0, 0.05) is 28.4 Å². The summed E-state index contributed by atoms with van der Waals surface area (Å²) in [7, 11) is 0. The fraction of sp³-hybridized carbons (Fsp3) is 0.692. The predicted octanol–water partition coefficient (Wildman–Crippen LogP) is 2.75. The molecule has 1 aromatic heterocycles. The monoisotopic (exact) mass is 239 g/mol. The zero-order chi connectivity index (χ0) is 11.5. The van der Waals surface area contributed by atoms with Crippen molar-refractivity contribution in [2.75, 3.05) is 6.61 Å². The van der Waals surface area contributed by atoms with Gasteiger partial charge in [0.2, 0.25) is 0 Å². The van der Waals surface area contributed by atoms with Crippen LogP contribution in [0.1, 0.15) is 30.0 Å². The number of hydrogen-bond donors (Lipinski definition) is 1. The molecule has 0 spiro atoms. The maximum absolute atomic E-state index is 5.56. The van der Waals surface area contributed by atoms with E-state index in [0.29, 0.717) is 18.2 Å². The largest absolute Gasteiger partial charge is 0.377 e. The molecule has 1 saturated heterocycles. The molecule has 1 aliphatic rings. The van der Waals surface area contributed by atoms with Crippen molar-refractivity contribution in [3.05, 3.63) is 21.9 Å². The van der Waals surface area contributed by atoms with Crippen molar-refractivity contribution in [1.29, 1.82) is 0 Å². The van der Waals surface area contributed by atoms with Gasteiger partial charge in [0.25, 0.3) is 0 Å². The first-order chi connectivity index (χ1) is 7.65. The molecule has 0 aliphatic carbocycles. The molecule has 0 bridgehead atoms. The lowest BCUT2D eigenvalue weighted by molar-refractivity contribution is 0.111. The van der Waals surface area contributed by atoms with E-state index in [-0.39, 0.29) is 0 Å². The average molecular weight is 239 g/mol. The Hall–Kier alpha value is -0.380. The number of ether oxygens (including phenoxy) is 1. The number of aryl methyl sites for hydroxylation is 1. The molecular weight excluding hydrogens is 218 g/mol. The fourth-order valence-electron chi connectivity index (χ4n) is 2.27. The molecule has 2 heterocycles. The van der Waals surface area contributed by atoms with E-state index < -0.39 is 0 Å². The summed E-state index contributed by atoms with van der Waals surface area (Å²) >= 11 is 1.90. The highest BCUT2D eigenvalue weighted by atomic mass is 32.1. The van der Waals surface area contributed by atoms with Crippen LogP contribution in [0.4, 0.5) is 0 Å². The standard InChI is InChI=1S/C13H21NOS/c1-9(8-12-5-4-10(2)16-12)14-13-6-7-15-11(13)3/h4-5,9,11,13-14H,6-8H2,1-3H3. The van der Waals surface area contributed by atoms with Gasteiger partial charge in [-0.15, -0.1) is 11.3 Å². The first-order valence-corrected chi connectivity index (χ1v) is 6.90. The summed E-state index contributed by atoms with van der Waals surface area (Å²) < 4.78 is 5.56. The van der Waals surface area contributed by atoms with Crippen LogP contribution in [0.25, 0.3) is 0 Å². The number of nitrogens with one attached hydrogen (secondary N) is 1. The van der Waals surface area contributed by atoms with Crippen LogP contribution >= 0.6 is 11.3 Å². The molecule has 3 atom stereocenters. The molecule has 2 rings (SSSR count). The lowest BCUT2D eigenvalue weighted by atomic mass is 10.1. The van der Waals surface area contributed by atoms with Crippen molar-refractivity contribution in [3.63, 3.8) is 0 Å². The van der Waals surface area contributed by atoms with Crippen LogP contribution in [-0.2, 0) is 11.2 Å². The van der Waals surface area contributed by atoms with Crippen molar-refractivity contribution in [2.24, 2.45) is 0 Å². The van der Waals surface area contributed by atoms with Gasteiger partial charge in [-0.05, 0) is 45.7 Å². The van der Waals surface area contributed by atoms with Crippen molar-refractivity contribution in [1.82, 2.24) is 5.32 Å². The van der Waals surface area contributed by atoms with Crippen LogP contribution in [0.3, 0.4) is 0 Å². The first kappa shape index (κ1) is 12.1. The van der Waals surface area contributed by atoms with Gasteiger partial charge in [-0.2, -0.15) is 0 Å². The molecule has 0 amide bonds. The van der Waals surface area contributed by atoms with E-state index in [4.69, 9.17) is 4.74 Å². The summed E-state index contributed by atoms with van der Waals surface area (Å²) in [5.74, 6) is 0. The molecule has 0 aromatic carbocycles. The maximum Gasteiger partial charge on any atom is 0.0700 e. The lowest BCUT2D eigenvalue weighted by Gasteiger charge is -2.21. The van der Waals surface area contributed by atoms with Crippen LogP contribution < -0.4 is 5.32 Å². The number of rotatable bonds is 4. The van der Waals surface area contributed by atoms with Gasteiger partial charge >= 0.3 is 0 Å². The second-order valence-electron chi connectivity index (χ2n) is 4.76. The summed E-state index contributed by atoms with van der Waals surface area (Å²) in [4.78, 5) is 2.88. The second kappa shape index (κ2) is 5.30. The van der Waals surface area contributed by atoms with E-state index in [9.17, 15) is 0 Å². The van der Waals surface area contributed by atoms with E-state index in [0.717, 1.165) is 19.4 Å². The molecule has 16 heavy (non-hydrogen) atoms. The third-order valence-corrected chi connectivity index (χ3v) is 4.20. The second-order valence-corrected chi connectivity index (χ2v) is 6.13. The average Bonchev–Trinajstić information content (AvgIpc) is 2.77. The van der Waals surface area contributed by atoms with Crippen LogP contribution in [0.2, 0.25) is 0 Å². The summed E-state index contributed by atoms with van der Waals surface area (Å²) in [5, 5.41) is 3.67. The number of thiophene rings is 1. The molecule has 0 radical (unpaired) electrons. The van der Waals surface area contributed by atoms with Crippen LogP contribution in [-0.4, -0.2) is 24.8 Å². The Morgan fingerprint density at radius 1 is 1.56 bits per heavy atom. The van der Waals surface area contributed by atoms with Crippen molar-refractivity contribution >= 4 is 11.3 Å². The van der Waals surface area contributed by atoms with Crippen LogP contribution in [0.5, 0.6) is 0 Å². The summed E-state index contributed by atoms with van der Waals surface area (Å²) in [6.07, 6.45) is 2.64. The van der Waals surface area contributed by atoms with E-state index in [1.165, 1.54) is 9.75 Å². The van der Waals surface area contributed by atoms with Gasteiger partial charge in [0.05, 0.1) is 6.10 Å². The summed E-state index contributed by atoms with van der Waals surface area (Å²) in [6.45, 7) is 7.50. The quantitative estimate of drug-likeness (QED) is 0.872. The summed E-state index contributed by atoms with van der Waals surface area (Å²) in [6, 6.07) is 5.52. The van der Waals surface area contributed by atoms with Crippen molar-refractivity contribution in [3.8, 4) is 0 Å². The fourth-order valence-corrected chi connectivity index (χ4v) is 3.29. The van der Waals surface area contributed by atoms with Gasteiger partial charge in [0.1, 0.15) is 0 Å². The van der Waals surface area contributed by atoms with E-state index >= 15 is 0 Å². The zero-order valence-corrected chi connectivity index (χ0v) is 11.1. The predicted molar refractivity (Wildman–Crippen MR) is 69.2 cm³/mol. The molecule has 0 saturated carbocycles. The molecule has 2 nitrogen and oxygen atoms in total. The smallest absolute Gasteiger partial charge is 0.0700 e. The molecule has 3 unspecified atom stereocenters. The van der Waals surface area contributed by atoms with Gasteiger partial charge < -0.3 is 10.1 Å². The zero-order valence-electron chi connectivity index (χ0n) is 10.3. The summed E-state index contributed by atoms with van der Waals surface area (Å²) in [5.41, 5.74) is 0. The van der Waals surface area contributed by atoms with Crippen LogP contribution in [0, 0.1) is 6.92 Å². The van der Waals surface area contributed by atoms with Gasteiger partial charge in [-0.25, -0.2) is 0 Å². The molecule has 1 aliphatic heterocycles. The van der Waals surface area contributed by atoms with Crippen molar-refractivity contribution < 1.29 is 4.74 Å². The molecule has 1 N–H and O–H groups in total. The maximum atomic E-state index is 5.56. The molecule has 3 heteroatoms. The Kier molecular flexibility index (Phi) is 4.00. The first-order valence-electron chi connectivity index (χ1n) is 6.08. The van der Waals surface area contributed by atoms with Gasteiger partial charge in [0.15, 0.2) is 0 Å². The minimum atomic E-state index is 0.368. The molecule has 90 valence electrons. The highest BCUT2D eigenvalue weighted by molar-refractivity contribution is 7.11. The Labute approximate surface area is 102 Å². The SMILES string of the molecule is Cc1ccc(CC(C)NC2CCOC2C)s1. The Balaban J connectivity index is 1.82. The normalized spacial score (nSPS) is 27.2. The Morgan fingerprint density at radius 2 is 2.38 bits per heavy atom. The third-order valence-electron chi connectivity index (χ3n) is 3.18. The number of hydrogen-bond acceptors (Lipinski definition) is 3. The lowest BCUT2D eigenvalue weighted by Crippen LogP contribution is -2.41. The van der Waals surface area contributed by atoms with Crippen molar-refractivity contribution in [2.45, 2.75) is 51.8 Å². The Bertz CT molecular complexity index is 336. The molecule has 1 aromatic rings. The molecular formula is C13H21NOS. The van der Waals surface area contributed by atoms with E-state index in [1.54, 1.807) is 0 Å². The van der Waals surface area contributed by atoms with Gasteiger partial charge in [-0.1, -0.05) is 0 Å². The van der Waals surface area contributed by atoms with Crippen LogP contribution in [0.15, 0.2) is 12.1 Å². The highest BCUT2D eigenvalue weighted by Crippen LogP contribution is 2.18.